The Labute approximate surface area is 107 Å². The molecule has 0 spiro atoms. The number of rotatable bonds is 2. The van der Waals surface area contributed by atoms with Crippen molar-refractivity contribution in [3.05, 3.63) is 22.2 Å². The third-order valence-electron chi connectivity index (χ3n) is 1.75. The van der Waals surface area contributed by atoms with Gasteiger partial charge >= 0.3 is 6.61 Å². The van der Waals surface area contributed by atoms with Crippen molar-refractivity contribution in [2.24, 2.45) is 0 Å². The Balaban J connectivity index is 0.000000686. The molecule has 0 fully saturated rings. The quantitative estimate of drug-likeness (QED) is 0.781. The first-order chi connectivity index (χ1) is 8.06. The molecule has 0 radical (unpaired) electrons. The Morgan fingerprint density at radius 1 is 1.35 bits per heavy atom. The molecule has 0 aliphatic carbocycles. The average Bonchev–Trinajstić information content (AvgIpc) is 2.60. The first-order valence-electron chi connectivity index (χ1n) is 5.08. The standard InChI is InChI=1S/C9H6ClF2NOS.C2H6/c1-4-13-8-6(14-9(11)12)2-5(10)3-7(8)15-4;1-2/h2-3,9H,1H3;1-2H3. The van der Waals surface area contributed by atoms with Crippen molar-refractivity contribution in [3.8, 4) is 5.75 Å². The molecule has 6 heteroatoms. The molecule has 0 N–H and O–H groups in total. The van der Waals surface area contributed by atoms with Crippen molar-refractivity contribution < 1.29 is 13.5 Å². The fraction of sp³-hybridized carbons (Fsp3) is 0.364. The molecule has 2 nitrogen and oxygen atoms in total. The Hall–Kier alpha value is -0.940. The monoisotopic (exact) mass is 279 g/mol. The van der Waals surface area contributed by atoms with Gasteiger partial charge in [0.05, 0.1) is 9.71 Å². The van der Waals surface area contributed by atoms with E-state index in [0.29, 0.717) is 10.5 Å². The van der Waals surface area contributed by atoms with Crippen LogP contribution < -0.4 is 4.74 Å². The van der Waals surface area contributed by atoms with Gasteiger partial charge in [0.25, 0.3) is 0 Å². The molecule has 1 aromatic heterocycles. The van der Waals surface area contributed by atoms with Crippen LogP contribution in [-0.4, -0.2) is 11.6 Å². The molecule has 1 heterocycles. The topological polar surface area (TPSA) is 22.1 Å². The van der Waals surface area contributed by atoms with Crippen LogP contribution in [0, 0.1) is 6.92 Å². The molecule has 0 amide bonds. The van der Waals surface area contributed by atoms with Crippen LogP contribution in [0.4, 0.5) is 8.78 Å². The predicted molar refractivity (Wildman–Crippen MR) is 67.3 cm³/mol. The summed E-state index contributed by atoms with van der Waals surface area (Å²) in [5.74, 6) is 0.0249. The third-order valence-corrected chi connectivity index (χ3v) is 2.88. The van der Waals surface area contributed by atoms with Gasteiger partial charge < -0.3 is 4.74 Å². The van der Waals surface area contributed by atoms with Crippen molar-refractivity contribution in [3.63, 3.8) is 0 Å². The molecule has 0 aliphatic heterocycles. The minimum absolute atomic E-state index is 0.0249. The van der Waals surface area contributed by atoms with E-state index in [4.69, 9.17) is 11.6 Å². The number of nitrogens with zero attached hydrogens (tertiary/aromatic N) is 1. The number of hydrogen-bond donors (Lipinski definition) is 0. The fourth-order valence-electron chi connectivity index (χ4n) is 1.26. The Morgan fingerprint density at radius 2 is 2.00 bits per heavy atom. The van der Waals surface area contributed by atoms with Crippen molar-refractivity contribution in [1.29, 1.82) is 0 Å². The fourth-order valence-corrected chi connectivity index (χ4v) is 2.42. The molecule has 0 atom stereocenters. The van der Waals surface area contributed by atoms with Crippen LogP contribution in [0.3, 0.4) is 0 Å². The number of halogens is 3. The summed E-state index contributed by atoms with van der Waals surface area (Å²) in [4.78, 5) is 4.11. The van der Waals surface area contributed by atoms with Gasteiger partial charge in [0.2, 0.25) is 0 Å². The van der Waals surface area contributed by atoms with Gasteiger partial charge in [-0.15, -0.1) is 11.3 Å². The molecular weight excluding hydrogens is 268 g/mol. The molecule has 1 aromatic carbocycles. The minimum Gasteiger partial charge on any atom is -0.432 e. The maximum atomic E-state index is 12.1. The van der Waals surface area contributed by atoms with Crippen molar-refractivity contribution in [2.45, 2.75) is 27.4 Å². The van der Waals surface area contributed by atoms with Gasteiger partial charge in [0, 0.05) is 11.1 Å². The van der Waals surface area contributed by atoms with Gasteiger partial charge in [-0.25, -0.2) is 4.98 Å². The minimum atomic E-state index is -2.87. The molecule has 0 aliphatic rings. The highest BCUT2D eigenvalue weighted by molar-refractivity contribution is 7.18. The summed E-state index contributed by atoms with van der Waals surface area (Å²) in [7, 11) is 0. The number of fused-ring (bicyclic) bond motifs is 1. The maximum absolute atomic E-state index is 12.1. The SMILES string of the molecule is CC.Cc1nc2c(OC(F)F)cc(Cl)cc2s1. The van der Waals surface area contributed by atoms with Crippen LogP contribution in [0.25, 0.3) is 10.2 Å². The van der Waals surface area contributed by atoms with E-state index >= 15 is 0 Å². The summed E-state index contributed by atoms with van der Waals surface area (Å²) in [5.41, 5.74) is 0.433. The van der Waals surface area contributed by atoms with Crippen LogP contribution in [0.1, 0.15) is 18.9 Å². The normalized spacial score (nSPS) is 10.3. The van der Waals surface area contributed by atoms with Gasteiger partial charge in [0.1, 0.15) is 5.52 Å². The second-order valence-electron chi connectivity index (χ2n) is 2.86. The van der Waals surface area contributed by atoms with Crippen LogP contribution in [0.2, 0.25) is 5.02 Å². The van der Waals surface area contributed by atoms with Crippen molar-refractivity contribution in [2.75, 3.05) is 0 Å². The summed E-state index contributed by atoms with van der Waals surface area (Å²) >= 11 is 7.16. The molecule has 94 valence electrons. The number of aromatic nitrogens is 1. The molecule has 0 bridgehead atoms. The molecule has 2 aromatic rings. The number of hydrogen-bond acceptors (Lipinski definition) is 3. The lowest BCUT2D eigenvalue weighted by atomic mass is 10.3. The van der Waals surface area contributed by atoms with Crippen LogP contribution in [-0.2, 0) is 0 Å². The molecule has 0 unspecified atom stereocenters. The molecule has 17 heavy (non-hydrogen) atoms. The van der Waals surface area contributed by atoms with E-state index in [1.165, 1.54) is 17.4 Å². The zero-order valence-corrected chi connectivity index (χ0v) is 11.2. The third kappa shape index (κ3) is 3.51. The Kier molecular flexibility index (Phi) is 5.08. The van der Waals surface area contributed by atoms with Gasteiger partial charge in [-0.05, 0) is 13.0 Å². The van der Waals surface area contributed by atoms with Crippen LogP contribution in [0.15, 0.2) is 12.1 Å². The van der Waals surface area contributed by atoms with Crippen molar-refractivity contribution in [1.82, 2.24) is 4.98 Å². The molecule has 0 saturated carbocycles. The number of ether oxygens (including phenoxy) is 1. The lowest BCUT2D eigenvalue weighted by molar-refractivity contribution is -0.0489. The first kappa shape index (κ1) is 14.1. The van der Waals surface area contributed by atoms with E-state index < -0.39 is 6.61 Å². The summed E-state index contributed by atoms with van der Waals surface area (Å²) in [6, 6.07) is 3.02. The van der Waals surface area contributed by atoms with E-state index in [2.05, 4.69) is 9.72 Å². The number of benzene rings is 1. The molecular formula is C11H12ClF2NOS. The summed E-state index contributed by atoms with van der Waals surface area (Å²) < 4.78 is 29.3. The van der Waals surface area contributed by atoms with Gasteiger partial charge in [-0.2, -0.15) is 8.78 Å². The van der Waals surface area contributed by atoms with E-state index in [-0.39, 0.29) is 5.75 Å². The number of thiazole rings is 1. The van der Waals surface area contributed by atoms with E-state index in [0.717, 1.165) is 9.71 Å². The summed E-state index contributed by atoms with van der Waals surface area (Å²) in [6.45, 7) is 2.93. The number of aryl methyl sites for hydroxylation is 1. The summed E-state index contributed by atoms with van der Waals surface area (Å²) in [6.07, 6.45) is 0. The van der Waals surface area contributed by atoms with E-state index in [1.807, 2.05) is 13.8 Å². The lowest BCUT2D eigenvalue weighted by Crippen LogP contribution is -2.02. The average molecular weight is 280 g/mol. The second kappa shape index (κ2) is 6.12. The number of alkyl halides is 2. The second-order valence-corrected chi connectivity index (χ2v) is 4.53. The smallest absolute Gasteiger partial charge is 0.387 e. The zero-order chi connectivity index (χ0) is 13.0. The van der Waals surface area contributed by atoms with E-state index in [9.17, 15) is 8.78 Å². The van der Waals surface area contributed by atoms with E-state index in [1.54, 1.807) is 13.0 Å². The Bertz CT molecular complexity index is 501. The summed E-state index contributed by atoms with van der Waals surface area (Å²) in [5, 5.41) is 1.15. The highest BCUT2D eigenvalue weighted by Crippen LogP contribution is 2.33. The lowest BCUT2D eigenvalue weighted by Gasteiger charge is -2.04. The zero-order valence-electron chi connectivity index (χ0n) is 9.63. The van der Waals surface area contributed by atoms with Crippen LogP contribution >= 0.6 is 22.9 Å². The predicted octanol–water partition coefficient (Wildman–Crippen LogP) is 4.89. The van der Waals surface area contributed by atoms with Crippen molar-refractivity contribution >= 4 is 33.2 Å². The Morgan fingerprint density at radius 3 is 2.59 bits per heavy atom. The van der Waals surface area contributed by atoms with Gasteiger partial charge in [0.15, 0.2) is 5.75 Å². The largest absolute Gasteiger partial charge is 0.432 e. The molecule has 0 saturated heterocycles. The highest BCUT2D eigenvalue weighted by atomic mass is 35.5. The van der Waals surface area contributed by atoms with Crippen LogP contribution in [0.5, 0.6) is 5.75 Å². The maximum Gasteiger partial charge on any atom is 0.387 e. The highest BCUT2D eigenvalue weighted by Gasteiger charge is 2.12. The van der Waals surface area contributed by atoms with Gasteiger partial charge in [-0.1, -0.05) is 25.4 Å². The van der Waals surface area contributed by atoms with Gasteiger partial charge in [-0.3, -0.25) is 0 Å². The first-order valence-corrected chi connectivity index (χ1v) is 6.27. The molecule has 2 rings (SSSR count).